The van der Waals surface area contributed by atoms with Gasteiger partial charge in [-0.15, -0.1) is 0 Å². The van der Waals surface area contributed by atoms with Crippen LogP contribution in [0.25, 0.3) is 5.69 Å². The number of piperidine rings is 1. The van der Waals surface area contributed by atoms with Gasteiger partial charge in [0.2, 0.25) is 5.82 Å². The Hall–Kier alpha value is -2.68. The Morgan fingerprint density at radius 2 is 1.78 bits per heavy atom. The van der Waals surface area contributed by atoms with Crippen LogP contribution >= 0.6 is 23.2 Å². The molecule has 3 unspecified atom stereocenters. The number of benzene rings is 1. The van der Waals surface area contributed by atoms with Crippen LogP contribution < -0.4 is 4.90 Å². The van der Waals surface area contributed by atoms with Gasteiger partial charge in [0.1, 0.15) is 5.69 Å². The molecule has 3 aliphatic rings. The fourth-order valence-corrected chi connectivity index (χ4v) is 5.99. The molecule has 10 heteroatoms. The quantitative estimate of drug-likeness (QED) is 0.346. The van der Waals surface area contributed by atoms with Crippen LogP contribution in [0.5, 0.6) is 0 Å². The third kappa shape index (κ3) is 5.07. The van der Waals surface area contributed by atoms with E-state index in [9.17, 15) is 4.79 Å². The second-order valence-corrected chi connectivity index (χ2v) is 10.3. The SMILES string of the molecule is CC.COC(=O)c1ncc(N2CC3CC2CC3OCc2c(C3CC3)cnn2-c2c(Cl)cccc2Cl)cn1. The van der Waals surface area contributed by atoms with Crippen molar-refractivity contribution in [3.8, 4) is 5.69 Å². The number of aromatic nitrogens is 4. The Kier molecular flexibility index (Phi) is 7.70. The van der Waals surface area contributed by atoms with E-state index in [2.05, 4.69) is 24.7 Å². The van der Waals surface area contributed by atoms with Crippen molar-refractivity contribution in [2.24, 2.45) is 5.92 Å². The third-order valence-corrected chi connectivity index (χ3v) is 7.93. The predicted octanol–water partition coefficient (Wildman–Crippen LogP) is 5.84. The van der Waals surface area contributed by atoms with Crippen molar-refractivity contribution >= 4 is 34.9 Å². The Bertz CT molecular complexity index is 1240. The van der Waals surface area contributed by atoms with Gasteiger partial charge in [0.05, 0.1) is 59.8 Å². The van der Waals surface area contributed by atoms with Crippen molar-refractivity contribution in [3.05, 3.63) is 63.9 Å². The van der Waals surface area contributed by atoms with Gasteiger partial charge in [0.25, 0.3) is 0 Å². The molecule has 1 aliphatic heterocycles. The molecule has 2 aliphatic carbocycles. The molecular weight excluding hydrogens is 513 g/mol. The minimum absolute atomic E-state index is 0.0727. The lowest BCUT2D eigenvalue weighted by atomic mass is 10.1. The number of fused-ring (bicyclic) bond motifs is 2. The maximum Gasteiger partial charge on any atom is 0.376 e. The van der Waals surface area contributed by atoms with Gasteiger partial charge in [-0.05, 0) is 49.3 Å². The summed E-state index contributed by atoms with van der Waals surface area (Å²) in [5, 5.41) is 5.79. The molecule has 0 N–H and O–H groups in total. The van der Waals surface area contributed by atoms with E-state index in [1.165, 1.54) is 25.5 Å². The summed E-state index contributed by atoms with van der Waals surface area (Å²) >= 11 is 13.0. The molecule has 2 saturated carbocycles. The number of carbonyl (C=O) groups is 1. The summed E-state index contributed by atoms with van der Waals surface area (Å²) in [5.74, 6) is 0.497. The van der Waals surface area contributed by atoms with Gasteiger partial charge in [-0.25, -0.2) is 19.4 Å². The topological polar surface area (TPSA) is 82.4 Å². The number of halogens is 2. The van der Waals surface area contributed by atoms with E-state index in [0.29, 0.717) is 40.2 Å². The van der Waals surface area contributed by atoms with Crippen LogP contribution in [0.4, 0.5) is 5.69 Å². The highest BCUT2D eigenvalue weighted by atomic mass is 35.5. The molecule has 0 amide bonds. The Morgan fingerprint density at radius 3 is 2.38 bits per heavy atom. The van der Waals surface area contributed by atoms with Gasteiger partial charge in [-0.1, -0.05) is 43.1 Å². The lowest BCUT2D eigenvalue weighted by Gasteiger charge is -2.32. The summed E-state index contributed by atoms with van der Waals surface area (Å²) < 4.78 is 13.1. The van der Waals surface area contributed by atoms with Crippen LogP contribution in [0.3, 0.4) is 0 Å². The number of carbonyl (C=O) groups excluding carboxylic acids is 1. The highest BCUT2D eigenvalue weighted by Gasteiger charge is 2.45. The van der Waals surface area contributed by atoms with E-state index < -0.39 is 5.97 Å². The first-order valence-corrected chi connectivity index (χ1v) is 13.6. The number of methoxy groups -OCH3 is 1. The summed E-state index contributed by atoms with van der Waals surface area (Å²) in [5.41, 5.74) is 3.89. The zero-order chi connectivity index (χ0) is 26.1. The molecular formula is C27H31Cl2N5O3. The maximum absolute atomic E-state index is 11.6. The third-order valence-electron chi connectivity index (χ3n) is 7.32. The van der Waals surface area contributed by atoms with E-state index in [1.807, 2.05) is 42.9 Å². The minimum Gasteiger partial charge on any atom is -0.463 e. The second-order valence-electron chi connectivity index (χ2n) is 9.45. The number of hydrogen-bond donors (Lipinski definition) is 0. The van der Waals surface area contributed by atoms with Gasteiger partial charge < -0.3 is 14.4 Å². The van der Waals surface area contributed by atoms with Crippen molar-refractivity contribution in [2.45, 2.75) is 64.2 Å². The highest BCUT2D eigenvalue weighted by Crippen LogP contribution is 2.45. The van der Waals surface area contributed by atoms with Crippen LogP contribution in [0.2, 0.25) is 10.0 Å². The van der Waals surface area contributed by atoms with Gasteiger partial charge in [-0.3, -0.25) is 0 Å². The van der Waals surface area contributed by atoms with Crippen molar-refractivity contribution < 1.29 is 14.3 Å². The van der Waals surface area contributed by atoms with E-state index in [4.69, 9.17) is 27.9 Å². The average Bonchev–Trinajstić information content (AvgIpc) is 3.37. The summed E-state index contributed by atoms with van der Waals surface area (Å²) in [6.45, 7) is 5.35. The molecule has 0 spiro atoms. The van der Waals surface area contributed by atoms with Gasteiger partial charge in [0, 0.05) is 18.5 Å². The summed E-state index contributed by atoms with van der Waals surface area (Å²) in [4.78, 5) is 22.2. The van der Waals surface area contributed by atoms with Crippen molar-refractivity contribution in [1.82, 2.24) is 19.7 Å². The molecule has 8 nitrogen and oxygen atoms in total. The number of nitrogens with zero attached hydrogens (tertiary/aromatic N) is 5. The molecule has 196 valence electrons. The first-order chi connectivity index (χ1) is 18.0. The van der Waals surface area contributed by atoms with Crippen LogP contribution in [0, 0.1) is 5.92 Å². The van der Waals surface area contributed by atoms with E-state index >= 15 is 0 Å². The second kappa shape index (κ2) is 11.0. The van der Waals surface area contributed by atoms with E-state index in [-0.39, 0.29) is 11.9 Å². The standard InChI is InChI=1S/C25H25Cl2N5O3.C2H6/c1-34-25(33)24-28-9-17(10-29-24)31-12-15-7-16(31)8-22(15)35-13-21-18(14-5-6-14)11-30-32(21)23-19(26)3-2-4-20(23)27;1-2/h2-4,9-11,14-16,22H,5-8,12-13H2,1H3;1-2H3. The lowest BCUT2D eigenvalue weighted by molar-refractivity contribution is 0.00992. The van der Waals surface area contributed by atoms with Crippen LogP contribution in [0.1, 0.15) is 67.3 Å². The number of esters is 1. The molecule has 3 aromatic rings. The van der Waals surface area contributed by atoms with E-state index in [1.54, 1.807) is 12.4 Å². The maximum atomic E-state index is 11.6. The number of ether oxygens (including phenoxy) is 2. The molecule has 0 radical (unpaired) electrons. The van der Waals surface area contributed by atoms with Crippen LogP contribution in [-0.4, -0.2) is 51.5 Å². The first-order valence-electron chi connectivity index (χ1n) is 12.8. The number of hydrogen-bond acceptors (Lipinski definition) is 7. The largest absolute Gasteiger partial charge is 0.463 e. The van der Waals surface area contributed by atoms with E-state index in [0.717, 1.165) is 30.8 Å². The Labute approximate surface area is 226 Å². The molecule has 3 heterocycles. The number of para-hydroxylation sites is 1. The van der Waals surface area contributed by atoms with Crippen molar-refractivity contribution in [2.75, 3.05) is 18.6 Å². The molecule has 1 saturated heterocycles. The zero-order valence-corrected chi connectivity index (χ0v) is 22.7. The lowest BCUT2D eigenvalue weighted by Crippen LogP contribution is -2.38. The van der Waals surface area contributed by atoms with Gasteiger partial charge in [0.15, 0.2) is 0 Å². The molecule has 3 fully saturated rings. The predicted molar refractivity (Wildman–Crippen MR) is 143 cm³/mol. The fraction of sp³-hybridized carbons (Fsp3) is 0.481. The summed E-state index contributed by atoms with van der Waals surface area (Å²) in [7, 11) is 1.32. The smallest absolute Gasteiger partial charge is 0.376 e. The van der Waals surface area contributed by atoms with Crippen molar-refractivity contribution in [1.29, 1.82) is 0 Å². The zero-order valence-electron chi connectivity index (χ0n) is 21.2. The summed E-state index contributed by atoms with van der Waals surface area (Å²) in [6.07, 6.45) is 9.86. The highest BCUT2D eigenvalue weighted by molar-refractivity contribution is 6.37. The monoisotopic (exact) mass is 543 g/mol. The van der Waals surface area contributed by atoms with Crippen LogP contribution in [-0.2, 0) is 16.1 Å². The van der Waals surface area contributed by atoms with Crippen molar-refractivity contribution in [3.63, 3.8) is 0 Å². The van der Waals surface area contributed by atoms with Gasteiger partial charge >= 0.3 is 5.97 Å². The first kappa shape index (κ1) is 25.9. The molecule has 2 bridgehead atoms. The number of rotatable bonds is 7. The minimum atomic E-state index is -0.532. The molecule has 3 atom stereocenters. The normalized spacial score (nSPS) is 22.1. The average molecular weight is 544 g/mol. The molecule has 37 heavy (non-hydrogen) atoms. The summed E-state index contributed by atoms with van der Waals surface area (Å²) in [6, 6.07) is 5.86. The molecule has 6 rings (SSSR count). The van der Waals surface area contributed by atoms with Gasteiger partial charge in [-0.2, -0.15) is 5.10 Å². The molecule has 2 aromatic heterocycles. The molecule has 1 aromatic carbocycles. The Morgan fingerprint density at radius 1 is 1.08 bits per heavy atom. The Balaban J connectivity index is 0.00000137. The number of anilines is 1. The van der Waals surface area contributed by atoms with Crippen LogP contribution in [0.15, 0.2) is 36.8 Å². The fourth-order valence-electron chi connectivity index (χ4n) is 5.43.